The molecule has 0 aromatic heterocycles. The number of nitrogens with zero attached hydrogens (tertiary/aromatic N) is 2. The minimum absolute atomic E-state index is 0.240. The van der Waals surface area contributed by atoms with Gasteiger partial charge in [0.15, 0.2) is 0 Å². The van der Waals surface area contributed by atoms with Crippen molar-refractivity contribution in [3.05, 3.63) is 117 Å². The molecule has 0 unspecified atom stereocenters. The molecule has 0 spiro atoms. The van der Waals surface area contributed by atoms with Crippen molar-refractivity contribution in [3.63, 3.8) is 0 Å². The molecule has 0 saturated heterocycles. The van der Waals surface area contributed by atoms with Gasteiger partial charge in [-0.05, 0) is 0 Å². The van der Waals surface area contributed by atoms with Crippen LogP contribution in [0.15, 0.2) is 72.8 Å². The Bertz CT molecular complexity index is 1880. The topological polar surface area (TPSA) is 84.0 Å². The molecule has 0 atom stereocenters. The summed E-state index contributed by atoms with van der Waals surface area (Å²) in [7, 11) is 1.43. The number of carbonyl (C=O) groups excluding carboxylic acids is 4. The van der Waals surface area contributed by atoms with Crippen LogP contribution in [0.3, 0.4) is 0 Å². The van der Waals surface area contributed by atoms with E-state index in [1.165, 1.54) is 29.1 Å². The Kier molecular flexibility index (Phi) is 6.54. The molecule has 4 amide bonds. The van der Waals surface area contributed by atoms with E-state index < -0.39 is 17.7 Å². The Morgan fingerprint density at radius 2 is 1.14 bits per heavy atom. The zero-order valence-corrected chi connectivity index (χ0v) is 25.8. The second-order valence-corrected chi connectivity index (χ2v) is 12.3. The Hall–Kier alpha value is -4.35. The van der Waals surface area contributed by atoms with Crippen molar-refractivity contribution in [3.8, 4) is 11.5 Å². The maximum atomic E-state index is 13.7. The summed E-state index contributed by atoms with van der Waals surface area (Å²) in [4.78, 5) is 54.2. The van der Waals surface area contributed by atoms with Crippen LogP contribution in [0.25, 0.3) is 0 Å². The maximum absolute atomic E-state index is 13.7. The van der Waals surface area contributed by atoms with E-state index in [0.717, 1.165) is 20.0 Å². The molecule has 209 valence electrons. The van der Waals surface area contributed by atoms with Gasteiger partial charge in [0.1, 0.15) is 0 Å². The molecule has 42 heavy (non-hydrogen) atoms. The van der Waals surface area contributed by atoms with Gasteiger partial charge in [-0.3, -0.25) is 14.5 Å². The summed E-state index contributed by atoms with van der Waals surface area (Å²) in [6.45, 7) is 8.45. The molecular weight excluding hydrogens is 612 g/mol. The van der Waals surface area contributed by atoms with Gasteiger partial charge < -0.3 is 0 Å². The predicted octanol–water partition coefficient (Wildman–Crippen LogP) is 5.62. The normalized spacial score (nSPS) is 14.5. The van der Waals surface area contributed by atoms with E-state index in [1.54, 1.807) is 50.1 Å². The molecule has 2 aliphatic heterocycles. The van der Waals surface area contributed by atoms with E-state index in [-0.39, 0.29) is 22.4 Å². The van der Waals surface area contributed by atoms with Crippen LogP contribution in [0.1, 0.15) is 77.5 Å². The second kappa shape index (κ2) is 9.88. The van der Waals surface area contributed by atoms with E-state index in [0.29, 0.717) is 28.3 Å². The number of hydrogen-bond acceptors (Lipinski definition) is 5. The van der Waals surface area contributed by atoms with Gasteiger partial charge in [-0.25, -0.2) is 0 Å². The number of rotatable bonds is 5. The fourth-order valence-corrected chi connectivity index (χ4v) is 5.96. The summed E-state index contributed by atoms with van der Waals surface area (Å²) in [5, 5.41) is 0. The molecule has 0 fully saturated rings. The standard InChI is InChI=1S/C34H27N2O5.Mo/c1-19-9-10-22(15-20(19)2)34(3,4)21-7-6-8-23(16-21)36-32(39)27-14-12-25(18-29(27)33(36)40)41-24-11-13-26-28(17-24)31(38)35(5)30(26)37;/h6-7,9-18H,1-5H3;. The minimum atomic E-state index is -0.428. The van der Waals surface area contributed by atoms with Gasteiger partial charge in [0.2, 0.25) is 0 Å². The summed E-state index contributed by atoms with van der Waals surface area (Å²) >= 11 is 1.80. The van der Waals surface area contributed by atoms with Crippen molar-refractivity contribution >= 4 is 33.3 Å². The molecule has 4 aromatic carbocycles. The number of anilines is 1. The van der Waals surface area contributed by atoms with Gasteiger partial charge in [-0.1, -0.05) is 0 Å². The fraction of sp³-hybridized carbons (Fsp3) is 0.176. The molecular formula is C34H27MoN2O5. The van der Waals surface area contributed by atoms with Gasteiger partial charge in [-0.2, -0.15) is 0 Å². The molecule has 6 rings (SSSR count). The first-order valence-corrected chi connectivity index (χ1v) is 14.4. The van der Waals surface area contributed by atoms with Crippen molar-refractivity contribution in [2.24, 2.45) is 0 Å². The van der Waals surface area contributed by atoms with E-state index in [9.17, 15) is 19.2 Å². The summed E-state index contributed by atoms with van der Waals surface area (Å²) in [6, 6.07) is 21.8. The Morgan fingerprint density at radius 3 is 1.79 bits per heavy atom. The quantitative estimate of drug-likeness (QED) is 0.209. The zero-order valence-electron chi connectivity index (χ0n) is 23.8. The fourth-order valence-electron chi connectivity index (χ4n) is 5.42. The first-order valence-electron chi connectivity index (χ1n) is 13.4. The Morgan fingerprint density at radius 1 is 0.619 bits per heavy atom. The summed E-state index contributed by atoms with van der Waals surface area (Å²) in [5.41, 5.74) is 5.87. The van der Waals surface area contributed by atoms with Crippen LogP contribution in [-0.2, 0) is 25.2 Å². The first kappa shape index (κ1) is 27.8. The summed E-state index contributed by atoms with van der Waals surface area (Å²) < 4.78 is 6.78. The summed E-state index contributed by atoms with van der Waals surface area (Å²) in [5.74, 6) is -0.898. The molecule has 0 radical (unpaired) electrons. The Balaban J connectivity index is 1.31. The van der Waals surface area contributed by atoms with Crippen LogP contribution in [0.4, 0.5) is 5.69 Å². The van der Waals surface area contributed by atoms with Crippen LogP contribution in [0.5, 0.6) is 11.5 Å². The van der Waals surface area contributed by atoms with E-state index in [1.807, 2.05) is 18.2 Å². The molecule has 0 N–H and O–H groups in total. The second-order valence-electron chi connectivity index (χ2n) is 11.2. The van der Waals surface area contributed by atoms with Gasteiger partial charge in [0, 0.05) is 7.05 Å². The molecule has 0 bridgehead atoms. The van der Waals surface area contributed by atoms with Gasteiger partial charge >= 0.3 is 228 Å². The average molecular weight is 640 g/mol. The first-order chi connectivity index (χ1) is 19.9. The number of benzene rings is 4. The molecule has 2 heterocycles. The number of aryl methyl sites for hydroxylation is 2. The third-order valence-corrected chi connectivity index (χ3v) is 9.15. The van der Waals surface area contributed by atoms with Crippen molar-refractivity contribution in [2.75, 3.05) is 11.9 Å². The van der Waals surface area contributed by atoms with Crippen molar-refractivity contribution in [1.29, 1.82) is 0 Å². The van der Waals surface area contributed by atoms with E-state index >= 15 is 0 Å². The van der Waals surface area contributed by atoms with Crippen molar-refractivity contribution < 1.29 is 43.7 Å². The van der Waals surface area contributed by atoms with Crippen LogP contribution in [0.2, 0.25) is 0 Å². The van der Waals surface area contributed by atoms with Gasteiger partial charge in [0.05, 0.1) is 0 Å². The van der Waals surface area contributed by atoms with Crippen LogP contribution < -0.4 is 13.6 Å². The number of carbonyl (C=O) groups is 4. The van der Waals surface area contributed by atoms with Gasteiger partial charge in [-0.15, -0.1) is 0 Å². The molecule has 0 aliphatic carbocycles. The Labute approximate surface area is 255 Å². The zero-order chi connectivity index (χ0) is 30.1. The molecule has 0 saturated carbocycles. The number of hydrogen-bond donors (Lipinski definition) is 0. The third kappa shape index (κ3) is 4.31. The molecule has 7 nitrogen and oxygen atoms in total. The van der Waals surface area contributed by atoms with Crippen LogP contribution in [-0.4, -0.2) is 35.6 Å². The monoisotopic (exact) mass is 641 g/mol. The summed E-state index contributed by atoms with van der Waals surface area (Å²) in [6.07, 6.45) is 0. The van der Waals surface area contributed by atoms with Crippen molar-refractivity contribution in [1.82, 2.24) is 4.90 Å². The predicted molar refractivity (Wildman–Crippen MR) is 155 cm³/mol. The number of ether oxygens (including phenoxy) is 1. The SMILES string of the molecule is Cc1ccc(C(C)(C)c2cc[c]([Mo])c(N3C(=O)c4ccc(Oc5ccc6c(c5)C(=O)N(C)C6=O)cc4C3=O)c2)cc1C. The van der Waals surface area contributed by atoms with E-state index in [2.05, 4.69) is 45.9 Å². The van der Waals surface area contributed by atoms with Crippen LogP contribution >= 0.6 is 0 Å². The number of fused-ring (bicyclic) bond motifs is 2. The molecule has 2 aliphatic rings. The van der Waals surface area contributed by atoms with Gasteiger partial charge in [0.25, 0.3) is 5.91 Å². The molecule has 8 heteroatoms. The number of amides is 4. The number of imide groups is 2. The van der Waals surface area contributed by atoms with Crippen LogP contribution in [0, 0.1) is 13.8 Å². The van der Waals surface area contributed by atoms with E-state index in [4.69, 9.17) is 4.74 Å². The van der Waals surface area contributed by atoms with Crippen molar-refractivity contribution in [2.45, 2.75) is 33.1 Å². The molecule has 4 aromatic rings. The third-order valence-electron chi connectivity index (χ3n) is 8.30. The average Bonchev–Trinajstić information content (AvgIpc) is 3.33.